The second kappa shape index (κ2) is 5.52. The van der Waals surface area contributed by atoms with Crippen LogP contribution in [0.2, 0.25) is 0 Å². The zero-order valence-electron chi connectivity index (χ0n) is 11.2. The van der Waals surface area contributed by atoms with Gasteiger partial charge in [-0.2, -0.15) is 0 Å². The Hall–Kier alpha value is -1.06. The lowest BCUT2D eigenvalue weighted by Gasteiger charge is -2.24. The van der Waals surface area contributed by atoms with Crippen molar-refractivity contribution in [2.24, 2.45) is 5.92 Å². The fraction of sp³-hybridized carbons (Fsp3) is 0.571. The maximum atomic E-state index is 10.2. The summed E-state index contributed by atoms with van der Waals surface area (Å²) in [6.45, 7) is 7.70. The summed E-state index contributed by atoms with van der Waals surface area (Å²) in [6.07, 6.45) is -1.70. The molecule has 3 heteroatoms. The SMILES string of the molecule is COc1c(C(O)C(O)C(C)C)ccc(C)c1C. The van der Waals surface area contributed by atoms with E-state index in [0.717, 1.165) is 11.1 Å². The highest BCUT2D eigenvalue weighted by Crippen LogP contribution is 2.33. The maximum Gasteiger partial charge on any atom is 0.127 e. The van der Waals surface area contributed by atoms with E-state index in [4.69, 9.17) is 4.74 Å². The lowest BCUT2D eigenvalue weighted by molar-refractivity contribution is -0.0105. The summed E-state index contributed by atoms with van der Waals surface area (Å²) in [5, 5.41) is 20.1. The first kappa shape index (κ1) is 14.0. The van der Waals surface area contributed by atoms with Crippen molar-refractivity contribution in [3.8, 4) is 5.75 Å². The number of aliphatic hydroxyl groups excluding tert-OH is 2. The fourth-order valence-corrected chi connectivity index (χ4v) is 1.86. The standard InChI is InChI=1S/C14H22O3/c1-8(2)12(15)13(16)11-7-6-9(3)10(4)14(11)17-5/h6-8,12-13,15-16H,1-5H3. The highest BCUT2D eigenvalue weighted by molar-refractivity contribution is 5.46. The van der Waals surface area contributed by atoms with Gasteiger partial charge in [0.15, 0.2) is 0 Å². The molecule has 0 saturated heterocycles. The number of rotatable bonds is 4. The van der Waals surface area contributed by atoms with Gasteiger partial charge >= 0.3 is 0 Å². The second-order valence-electron chi connectivity index (χ2n) is 4.81. The molecular weight excluding hydrogens is 216 g/mol. The van der Waals surface area contributed by atoms with Gasteiger partial charge in [-0.25, -0.2) is 0 Å². The van der Waals surface area contributed by atoms with E-state index >= 15 is 0 Å². The van der Waals surface area contributed by atoms with Crippen molar-refractivity contribution in [3.63, 3.8) is 0 Å². The maximum absolute atomic E-state index is 10.2. The van der Waals surface area contributed by atoms with Crippen LogP contribution >= 0.6 is 0 Å². The van der Waals surface area contributed by atoms with E-state index < -0.39 is 12.2 Å². The first-order chi connectivity index (χ1) is 7.90. The number of hydrogen-bond acceptors (Lipinski definition) is 3. The molecule has 0 heterocycles. The summed E-state index contributed by atoms with van der Waals surface area (Å²) in [6, 6.07) is 3.75. The summed E-state index contributed by atoms with van der Waals surface area (Å²) in [7, 11) is 1.58. The lowest BCUT2D eigenvalue weighted by Crippen LogP contribution is -2.24. The molecule has 0 bridgehead atoms. The molecule has 0 aromatic heterocycles. The molecule has 3 nitrogen and oxygen atoms in total. The fourth-order valence-electron chi connectivity index (χ4n) is 1.86. The van der Waals surface area contributed by atoms with Gasteiger partial charge in [0.1, 0.15) is 11.9 Å². The first-order valence-electron chi connectivity index (χ1n) is 5.90. The Kier molecular flexibility index (Phi) is 4.54. The molecule has 0 aliphatic heterocycles. The minimum atomic E-state index is -0.913. The largest absolute Gasteiger partial charge is 0.496 e. The number of methoxy groups -OCH3 is 1. The summed E-state index contributed by atoms with van der Waals surface area (Å²) in [5.41, 5.74) is 2.76. The molecule has 0 radical (unpaired) electrons. The molecule has 0 aliphatic carbocycles. The Morgan fingerprint density at radius 2 is 1.71 bits per heavy atom. The molecule has 1 rings (SSSR count). The van der Waals surface area contributed by atoms with Crippen LogP contribution in [0.5, 0.6) is 5.75 Å². The van der Waals surface area contributed by atoms with Crippen LogP contribution in [-0.2, 0) is 0 Å². The molecule has 0 saturated carbocycles. The van der Waals surface area contributed by atoms with Gasteiger partial charge in [-0.15, -0.1) is 0 Å². The predicted molar refractivity (Wildman–Crippen MR) is 68.3 cm³/mol. The zero-order valence-corrected chi connectivity index (χ0v) is 11.2. The van der Waals surface area contributed by atoms with Crippen molar-refractivity contribution in [1.29, 1.82) is 0 Å². The summed E-state index contributed by atoms with van der Waals surface area (Å²) in [4.78, 5) is 0. The number of aryl methyl sites for hydroxylation is 1. The van der Waals surface area contributed by atoms with E-state index in [9.17, 15) is 10.2 Å². The zero-order chi connectivity index (χ0) is 13.2. The summed E-state index contributed by atoms with van der Waals surface area (Å²) in [5.74, 6) is 0.661. The van der Waals surface area contributed by atoms with Gasteiger partial charge in [0.25, 0.3) is 0 Å². The second-order valence-corrected chi connectivity index (χ2v) is 4.81. The molecule has 0 aliphatic rings. The quantitative estimate of drug-likeness (QED) is 0.846. The van der Waals surface area contributed by atoms with E-state index in [1.807, 2.05) is 39.8 Å². The number of ether oxygens (including phenoxy) is 1. The molecular formula is C14H22O3. The molecule has 1 aromatic carbocycles. The van der Waals surface area contributed by atoms with E-state index in [1.54, 1.807) is 7.11 Å². The molecule has 1 aromatic rings. The van der Waals surface area contributed by atoms with Crippen molar-refractivity contribution >= 4 is 0 Å². The van der Waals surface area contributed by atoms with Crippen LogP contribution in [0.4, 0.5) is 0 Å². The van der Waals surface area contributed by atoms with E-state index in [1.165, 1.54) is 0 Å². The highest BCUT2D eigenvalue weighted by atomic mass is 16.5. The molecule has 17 heavy (non-hydrogen) atoms. The predicted octanol–water partition coefficient (Wildman–Crippen LogP) is 2.36. The van der Waals surface area contributed by atoms with Gasteiger partial charge in [0, 0.05) is 5.56 Å². The lowest BCUT2D eigenvalue weighted by atomic mass is 9.93. The average molecular weight is 238 g/mol. The van der Waals surface area contributed by atoms with Gasteiger partial charge in [-0.3, -0.25) is 0 Å². The molecule has 0 amide bonds. The van der Waals surface area contributed by atoms with E-state index in [2.05, 4.69) is 0 Å². The highest BCUT2D eigenvalue weighted by Gasteiger charge is 2.25. The molecule has 2 unspecified atom stereocenters. The Morgan fingerprint density at radius 1 is 1.12 bits per heavy atom. The van der Waals surface area contributed by atoms with Gasteiger partial charge in [0.2, 0.25) is 0 Å². The third kappa shape index (κ3) is 2.79. The van der Waals surface area contributed by atoms with E-state index in [-0.39, 0.29) is 5.92 Å². The Bertz CT molecular complexity index is 385. The third-order valence-electron chi connectivity index (χ3n) is 3.24. The van der Waals surface area contributed by atoms with Crippen LogP contribution < -0.4 is 4.74 Å². The Balaban J connectivity index is 3.18. The monoisotopic (exact) mass is 238 g/mol. The number of hydrogen-bond donors (Lipinski definition) is 2. The normalized spacial score (nSPS) is 14.8. The van der Waals surface area contributed by atoms with Crippen LogP contribution in [0, 0.1) is 19.8 Å². The van der Waals surface area contributed by atoms with Gasteiger partial charge in [0.05, 0.1) is 13.2 Å². The van der Waals surface area contributed by atoms with Crippen molar-refractivity contribution in [2.75, 3.05) is 7.11 Å². The van der Waals surface area contributed by atoms with Crippen molar-refractivity contribution in [1.82, 2.24) is 0 Å². The number of aliphatic hydroxyl groups is 2. The van der Waals surface area contributed by atoms with Crippen molar-refractivity contribution < 1.29 is 14.9 Å². The van der Waals surface area contributed by atoms with Gasteiger partial charge in [-0.1, -0.05) is 26.0 Å². The smallest absolute Gasteiger partial charge is 0.127 e. The van der Waals surface area contributed by atoms with Crippen LogP contribution in [0.15, 0.2) is 12.1 Å². The van der Waals surface area contributed by atoms with Crippen LogP contribution in [0.1, 0.15) is 36.6 Å². The van der Waals surface area contributed by atoms with Gasteiger partial charge < -0.3 is 14.9 Å². The Labute approximate surface area is 103 Å². The average Bonchev–Trinajstić information content (AvgIpc) is 2.30. The summed E-state index contributed by atoms with van der Waals surface area (Å²) < 4.78 is 5.34. The molecule has 0 spiro atoms. The van der Waals surface area contributed by atoms with E-state index in [0.29, 0.717) is 11.3 Å². The van der Waals surface area contributed by atoms with Crippen LogP contribution in [0.3, 0.4) is 0 Å². The number of benzene rings is 1. The summed E-state index contributed by atoms with van der Waals surface area (Å²) >= 11 is 0. The molecule has 0 fully saturated rings. The van der Waals surface area contributed by atoms with Gasteiger partial charge in [-0.05, 0) is 30.9 Å². The molecule has 2 atom stereocenters. The van der Waals surface area contributed by atoms with Crippen LogP contribution in [-0.4, -0.2) is 23.4 Å². The molecule has 2 N–H and O–H groups in total. The van der Waals surface area contributed by atoms with Crippen molar-refractivity contribution in [2.45, 2.75) is 39.9 Å². The molecule has 96 valence electrons. The topological polar surface area (TPSA) is 49.7 Å². The first-order valence-corrected chi connectivity index (χ1v) is 5.90. The third-order valence-corrected chi connectivity index (χ3v) is 3.24. The van der Waals surface area contributed by atoms with Crippen LogP contribution in [0.25, 0.3) is 0 Å². The Morgan fingerprint density at radius 3 is 2.18 bits per heavy atom. The minimum Gasteiger partial charge on any atom is -0.496 e. The minimum absolute atomic E-state index is 0.00341. The van der Waals surface area contributed by atoms with Crippen molar-refractivity contribution in [3.05, 3.63) is 28.8 Å².